The molecule has 8 heteroatoms. The number of carbonyl (C=O) groups excluding carboxylic acids is 1. The number of carbonyl (C=O) groups is 1. The lowest BCUT2D eigenvalue weighted by molar-refractivity contribution is -0.120. The summed E-state index contributed by atoms with van der Waals surface area (Å²) in [6.07, 6.45) is 4.14. The van der Waals surface area contributed by atoms with E-state index in [1.165, 1.54) is 25.8 Å². The second kappa shape index (κ2) is 8.57. The van der Waals surface area contributed by atoms with Gasteiger partial charge in [0.25, 0.3) is 6.01 Å². The third-order valence-electron chi connectivity index (χ3n) is 5.34. The van der Waals surface area contributed by atoms with Crippen molar-refractivity contribution in [3.63, 3.8) is 0 Å². The van der Waals surface area contributed by atoms with E-state index in [1.54, 1.807) is 6.07 Å². The van der Waals surface area contributed by atoms with Crippen molar-refractivity contribution in [2.75, 3.05) is 31.2 Å². The van der Waals surface area contributed by atoms with Gasteiger partial charge in [-0.1, -0.05) is 0 Å². The lowest BCUT2D eigenvalue weighted by Crippen LogP contribution is -2.40. The zero-order valence-electron chi connectivity index (χ0n) is 16.9. The van der Waals surface area contributed by atoms with Gasteiger partial charge in [0, 0.05) is 38.2 Å². The van der Waals surface area contributed by atoms with Crippen LogP contribution in [-0.2, 0) is 9.53 Å². The highest BCUT2D eigenvalue weighted by molar-refractivity contribution is 5.77. The number of halogens is 1. The Hall–Kier alpha value is -2.35. The summed E-state index contributed by atoms with van der Waals surface area (Å²) in [5, 5.41) is 2.82. The smallest absolute Gasteiger partial charge is 0.298 e. The first-order valence-corrected chi connectivity index (χ1v) is 10.3. The number of hydrogen-bond acceptors (Lipinski definition) is 6. The molecule has 0 unspecified atom stereocenters. The monoisotopic (exact) mass is 405 g/mol. The van der Waals surface area contributed by atoms with Crippen molar-refractivity contribution in [1.29, 1.82) is 0 Å². The number of ether oxygens (including phenoxy) is 2. The number of amides is 1. The fourth-order valence-electron chi connectivity index (χ4n) is 3.55. The predicted octanol–water partition coefficient (Wildman–Crippen LogP) is 3.27. The molecule has 158 valence electrons. The van der Waals surface area contributed by atoms with Crippen LogP contribution >= 0.6 is 0 Å². The molecule has 0 radical (unpaired) electrons. The Balaban J connectivity index is 1.33. The molecule has 7 nitrogen and oxygen atoms in total. The molecule has 2 aliphatic rings. The van der Waals surface area contributed by atoms with Gasteiger partial charge in [-0.05, 0) is 38.5 Å². The minimum absolute atomic E-state index is 0.0122. The van der Waals surface area contributed by atoms with E-state index in [0.29, 0.717) is 36.5 Å². The average molecular weight is 405 g/mol. The van der Waals surface area contributed by atoms with E-state index >= 15 is 0 Å². The minimum Gasteiger partial charge on any atom is -0.493 e. The number of benzene rings is 1. The third kappa shape index (κ3) is 5.18. The van der Waals surface area contributed by atoms with Gasteiger partial charge in [0.15, 0.2) is 11.4 Å². The zero-order valence-corrected chi connectivity index (χ0v) is 16.9. The van der Waals surface area contributed by atoms with Gasteiger partial charge in [-0.3, -0.25) is 4.79 Å². The molecule has 0 spiro atoms. The molecule has 2 aromatic rings. The topological polar surface area (TPSA) is 76.8 Å². The van der Waals surface area contributed by atoms with Gasteiger partial charge in [-0.15, -0.1) is 0 Å². The molecule has 1 aliphatic carbocycles. The Bertz CT molecular complexity index is 859. The van der Waals surface area contributed by atoms with Crippen LogP contribution in [0.2, 0.25) is 0 Å². The minimum atomic E-state index is -0.423. The van der Waals surface area contributed by atoms with Crippen LogP contribution in [0.25, 0.3) is 11.1 Å². The molecule has 0 bridgehead atoms. The predicted molar refractivity (Wildman–Crippen MR) is 107 cm³/mol. The Morgan fingerprint density at radius 1 is 1.34 bits per heavy atom. The number of nitrogens with one attached hydrogen (secondary N) is 1. The van der Waals surface area contributed by atoms with E-state index in [-0.39, 0.29) is 23.6 Å². The Labute approximate surface area is 169 Å². The maximum Gasteiger partial charge on any atom is 0.298 e. The number of rotatable bonds is 8. The Kier molecular flexibility index (Phi) is 5.89. The molecule has 1 saturated carbocycles. The summed E-state index contributed by atoms with van der Waals surface area (Å²) in [5.41, 5.74) is 0.648. The van der Waals surface area contributed by atoms with Gasteiger partial charge in [0.1, 0.15) is 11.3 Å². The Morgan fingerprint density at radius 3 is 2.79 bits per heavy atom. The van der Waals surface area contributed by atoms with Crippen molar-refractivity contribution in [2.24, 2.45) is 5.92 Å². The first kappa shape index (κ1) is 19.9. The SMILES string of the molecule is CC(=O)N[C@@H](C)COC1CCN(c2nc3c(F)cc(OCC4CC4)cc3o2)CC1. The van der Waals surface area contributed by atoms with Crippen LogP contribution in [0.15, 0.2) is 16.5 Å². The van der Waals surface area contributed by atoms with Crippen LogP contribution in [0.4, 0.5) is 10.4 Å². The summed E-state index contributed by atoms with van der Waals surface area (Å²) in [7, 11) is 0. The second-order valence-electron chi connectivity index (χ2n) is 8.12. The summed E-state index contributed by atoms with van der Waals surface area (Å²) in [6, 6.07) is 3.52. The van der Waals surface area contributed by atoms with E-state index in [9.17, 15) is 9.18 Å². The maximum absolute atomic E-state index is 14.4. The number of piperidine rings is 1. The quantitative estimate of drug-likeness (QED) is 0.726. The van der Waals surface area contributed by atoms with Crippen LogP contribution in [0.3, 0.4) is 0 Å². The number of oxazole rings is 1. The van der Waals surface area contributed by atoms with E-state index in [2.05, 4.69) is 10.3 Å². The number of anilines is 1. The molecule has 1 atom stereocenters. The summed E-state index contributed by atoms with van der Waals surface area (Å²) in [4.78, 5) is 17.4. The number of nitrogens with zero attached hydrogens (tertiary/aromatic N) is 2. The normalized spacial score (nSPS) is 18.8. The molecule has 1 N–H and O–H groups in total. The maximum atomic E-state index is 14.4. The van der Waals surface area contributed by atoms with Gasteiger partial charge < -0.3 is 24.1 Å². The van der Waals surface area contributed by atoms with Crippen molar-refractivity contribution < 1.29 is 23.1 Å². The van der Waals surface area contributed by atoms with Gasteiger partial charge in [-0.2, -0.15) is 4.98 Å². The lowest BCUT2D eigenvalue weighted by atomic mass is 10.1. The molecule has 4 rings (SSSR count). The van der Waals surface area contributed by atoms with Crippen molar-refractivity contribution in [3.05, 3.63) is 17.9 Å². The molecule has 1 aliphatic heterocycles. The molecular formula is C21H28FN3O4. The van der Waals surface area contributed by atoms with Crippen LogP contribution in [0.1, 0.15) is 39.5 Å². The number of hydrogen-bond donors (Lipinski definition) is 1. The fraction of sp³-hybridized carbons (Fsp3) is 0.619. The fourth-order valence-corrected chi connectivity index (χ4v) is 3.55. The molecule has 1 aromatic carbocycles. The molecule has 1 aromatic heterocycles. The van der Waals surface area contributed by atoms with Crippen molar-refractivity contribution in [2.45, 2.75) is 51.7 Å². The van der Waals surface area contributed by atoms with Crippen molar-refractivity contribution in [1.82, 2.24) is 10.3 Å². The van der Waals surface area contributed by atoms with Gasteiger partial charge in [0.05, 0.1) is 19.3 Å². The van der Waals surface area contributed by atoms with Gasteiger partial charge in [0.2, 0.25) is 5.91 Å². The van der Waals surface area contributed by atoms with E-state index in [1.807, 2.05) is 11.8 Å². The van der Waals surface area contributed by atoms with E-state index in [0.717, 1.165) is 25.9 Å². The molecule has 2 fully saturated rings. The van der Waals surface area contributed by atoms with E-state index in [4.69, 9.17) is 13.9 Å². The third-order valence-corrected chi connectivity index (χ3v) is 5.34. The second-order valence-corrected chi connectivity index (χ2v) is 8.12. The summed E-state index contributed by atoms with van der Waals surface area (Å²) < 4.78 is 31.8. The van der Waals surface area contributed by atoms with E-state index < -0.39 is 5.82 Å². The summed E-state index contributed by atoms with van der Waals surface area (Å²) in [5.74, 6) is 0.613. The molecule has 1 saturated heterocycles. The van der Waals surface area contributed by atoms with Gasteiger partial charge in [-0.25, -0.2) is 4.39 Å². The molecule has 29 heavy (non-hydrogen) atoms. The lowest BCUT2D eigenvalue weighted by Gasteiger charge is -2.31. The zero-order chi connectivity index (χ0) is 20.4. The molecule has 2 heterocycles. The van der Waals surface area contributed by atoms with Crippen LogP contribution in [-0.4, -0.2) is 49.3 Å². The Morgan fingerprint density at radius 2 is 2.10 bits per heavy atom. The number of aromatic nitrogens is 1. The largest absolute Gasteiger partial charge is 0.493 e. The van der Waals surface area contributed by atoms with Crippen LogP contribution < -0.4 is 15.0 Å². The first-order chi connectivity index (χ1) is 14.0. The van der Waals surface area contributed by atoms with Crippen molar-refractivity contribution in [3.8, 4) is 5.75 Å². The molecular weight excluding hydrogens is 377 g/mol. The highest BCUT2D eigenvalue weighted by Gasteiger charge is 2.25. The first-order valence-electron chi connectivity index (χ1n) is 10.3. The standard InChI is InChI=1S/C21H28FN3O4/c1-13(23-14(2)26)11-27-16-5-7-25(8-6-16)21-24-20-18(22)9-17(10-19(20)29-21)28-12-15-3-4-15/h9-10,13,15-16H,3-8,11-12H2,1-2H3,(H,23,26)/t13-/m0/s1. The number of fused-ring (bicyclic) bond motifs is 1. The van der Waals surface area contributed by atoms with Crippen LogP contribution in [0.5, 0.6) is 5.75 Å². The summed E-state index contributed by atoms with van der Waals surface area (Å²) >= 11 is 0. The van der Waals surface area contributed by atoms with Crippen LogP contribution in [0, 0.1) is 11.7 Å². The average Bonchev–Trinajstić information content (AvgIpc) is 3.41. The molecule has 1 amide bonds. The van der Waals surface area contributed by atoms with Crippen molar-refractivity contribution >= 4 is 23.0 Å². The highest BCUT2D eigenvalue weighted by atomic mass is 19.1. The summed E-state index contributed by atoms with van der Waals surface area (Å²) in [6.45, 7) is 5.98. The highest BCUT2D eigenvalue weighted by Crippen LogP contribution is 2.32. The van der Waals surface area contributed by atoms with Gasteiger partial charge >= 0.3 is 0 Å².